The van der Waals surface area contributed by atoms with Gasteiger partial charge in [0.15, 0.2) is 0 Å². The Kier molecular flexibility index (Phi) is 2.68. The largest absolute Gasteiger partial charge is 0.397 e. The zero-order valence-corrected chi connectivity index (χ0v) is 9.14. The van der Waals surface area contributed by atoms with Crippen LogP contribution in [-0.4, -0.2) is 11.0 Å². The van der Waals surface area contributed by atoms with Crippen LogP contribution in [0.4, 0.5) is 17.1 Å². The number of nitro benzene ring substituents is 1. The van der Waals surface area contributed by atoms with Crippen LogP contribution < -0.4 is 11.1 Å². The zero-order chi connectivity index (χ0) is 11.7. The third-order valence-corrected chi connectivity index (χ3v) is 2.98. The Balaban J connectivity index is 2.07. The average molecular weight is 221 g/mol. The molecule has 0 spiro atoms. The van der Waals surface area contributed by atoms with Crippen LogP contribution in [0.5, 0.6) is 0 Å². The number of nitrogens with zero attached hydrogens (tertiary/aromatic N) is 1. The predicted octanol–water partition coefficient (Wildman–Crippen LogP) is 2.39. The maximum Gasteiger partial charge on any atom is 0.271 e. The van der Waals surface area contributed by atoms with Crippen molar-refractivity contribution < 1.29 is 4.92 Å². The molecule has 0 unspecified atom stereocenters. The minimum Gasteiger partial charge on any atom is -0.397 e. The van der Waals surface area contributed by atoms with Crippen LogP contribution in [-0.2, 0) is 0 Å². The highest BCUT2D eigenvalue weighted by Crippen LogP contribution is 2.32. The van der Waals surface area contributed by atoms with Gasteiger partial charge in [0.2, 0.25) is 0 Å². The molecular formula is C11H15N3O2. The van der Waals surface area contributed by atoms with Gasteiger partial charge in [0.05, 0.1) is 16.3 Å². The predicted molar refractivity (Wildman–Crippen MR) is 63.3 cm³/mol. The normalized spacial score (nSPS) is 23.6. The number of nitro groups is 1. The van der Waals surface area contributed by atoms with Crippen molar-refractivity contribution in [3.05, 3.63) is 28.3 Å². The van der Waals surface area contributed by atoms with E-state index in [1.54, 1.807) is 6.07 Å². The third-order valence-electron chi connectivity index (χ3n) is 2.98. The molecular weight excluding hydrogens is 206 g/mol. The molecule has 5 heteroatoms. The molecule has 0 heterocycles. The number of rotatable bonds is 3. The van der Waals surface area contributed by atoms with Gasteiger partial charge in [0.25, 0.3) is 5.69 Å². The summed E-state index contributed by atoms with van der Waals surface area (Å²) in [6, 6.07) is 5.00. The second-order valence-electron chi connectivity index (χ2n) is 4.45. The molecule has 2 rings (SSSR count). The summed E-state index contributed by atoms with van der Waals surface area (Å²) in [5.74, 6) is 0.761. The van der Waals surface area contributed by atoms with Gasteiger partial charge in [-0.2, -0.15) is 0 Å². The van der Waals surface area contributed by atoms with E-state index in [4.69, 9.17) is 5.73 Å². The minimum absolute atomic E-state index is 0.0324. The van der Waals surface area contributed by atoms with E-state index in [2.05, 4.69) is 12.2 Å². The Morgan fingerprint density at radius 3 is 2.69 bits per heavy atom. The summed E-state index contributed by atoms with van der Waals surface area (Å²) in [5, 5.41) is 13.8. The van der Waals surface area contributed by atoms with Crippen molar-refractivity contribution in [1.82, 2.24) is 0 Å². The van der Waals surface area contributed by atoms with Crippen LogP contribution in [0.25, 0.3) is 0 Å². The molecule has 0 bridgehead atoms. The zero-order valence-electron chi connectivity index (χ0n) is 9.14. The number of non-ortho nitro benzene ring substituents is 1. The summed E-state index contributed by atoms with van der Waals surface area (Å²) < 4.78 is 0. The minimum atomic E-state index is -0.439. The SMILES string of the molecule is CC1CC(Nc2ccc([N+](=O)[O-])cc2N)C1. The molecule has 0 aliphatic heterocycles. The number of anilines is 2. The van der Waals surface area contributed by atoms with Crippen LogP contribution in [0.2, 0.25) is 0 Å². The van der Waals surface area contributed by atoms with E-state index < -0.39 is 4.92 Å². The quantitative estimate of drug-likeness (QED) is 0.466. The van der Waals surface area contributed by atoms with Crippen LogP contribution in [0.3, 0.4) is 0 Å². The van der Waals surface area contributed by atoms with Gasteiger partial charge in [0, 0.05) is 18.2 Å². The number of nitrogens with two attached hydrogens (primary N) is 1. The summed E-state index contributed by atoms with van der Waals surface area (Å²) in [6.07, 6.45) is 2.27. The van der Waals surface area contributed by atoms with Crippen molar-refractivity contribution in [3.8, 4) is 0 Å². The van der Waals surface area contributed by atoms with Gasteiger partial charge in [-0.15, -0.1) is 0 Å². The van der Waals surface area contributed by atoms with Crippen LogP contribution >= 0.6 is 0 Å². The monoisotopic (exact) mass is 221 g/mol. The molecule has 1 aliphatic carbocycles. The van der Waals surface area contributed by atoms with Crippen molar-refractivity contribution in [3.63, 3.8) is 0 Å². The van der Waals surface area contributed by atoms with Crippen molar-refractivity contribution in [2.45, 2.75) is 25.8 Å². The standard InChI is InChI=1S/C11H15N3O2/c1-7-4-8(5-7)13-11-3-2-9(14(15)16)6-10(11)12/h2-3,6-8,13H,4-5,12H2,1H3. The Hall–Kier alpha value is -1.78. The second-order valence-corrected chi connectivity index (χ2v) is 4.45. The summed E-state index contributed by atoms with van der Waals surface area (Å²) in [7, 11) is 0. The van der Waals surface area contributed by atoms with Crippen molar-refractivity contribution >= 4 is 17.1 Å². The molecule has 5 nitrogen and oxygen atoms in total. The van der Waals surface area contributed by atoms with Gasteiger partial charge in [0.1, 0.15) is 0 Å². The molecule has 0 atom stereocenters. The van der Waals surface area contributed by atoms with E-state index in [-0.39, 0.29) is 5.69 Å². The van der Waals surface area contributed by atoms with Crippen LogP contribution in [0.1, 0.15) is 19.8 Å². The second kappa shape index (κ2) is 4.00. The fourth-order valence-electron chi connectivity index (χ4n) is 2.04. The fourth-order valence-corrected chi connectivity index (χ4v) is 2.04. The molecule has 16 heavy (non-hydrogen) atoms. The van der Waals surface area contributed by atoms with E-state index in [1.807, 2.05) is 0 Å². The molecule has 1 aromatic carbocycles. The van der Waals surface area contributed by atoms with Gasteiger partial charge < -0.3 is 11.1 Å². The summed E-state index contributed by atoms with van der Waals surface area (Å²) in [5.41, 5.74) is 7.02. The van der Waals surface area contributed by atoms with Crippen LogP contribution in [0, 0.1) is 16.0 Å². The molecule has 0 aromatic heterocycles. The number of benzene rings is 1. The molecule has 0 amide bonds. The van der Waals surface area contributed by atoms with E-state index in [0.717, 1.165) is 24.4 Å². The Morgan fingerprint density at radius 2 is 2.19 bits per heavy atom. The lowest BCUT2D eigenvalue weighted by molar-refractivity contribution is -0.384. The lowest BCUT2D eigenvalue weighted by Gasteiger charge is -2.34. The Morgan fingerprint density at radius 1 is 1.50 bits per heavy atom. The van der Waals surface area contributed by atoms with Gasteiger partial charge in [-0.3, -0.25) is 10.1 Å². The van der Waals surface area contributed by atoms with Crippen molar-refractivity contribution in [1.29, 1.82) is 0 Å². The highest BCUT2D eigenvalue weighted by Gasteiger charge is 2.25. The van der Waals surface area contributed by atoms with Gasteiger partial charge in [-0.1, -0.05) is 6.92 Å². The first kappa shape index (κ1) is 10.7. The Bertz CT molecular complexity index is 414. The van der Waals surface area contributed by atoms with E-state index in [0.29, 0.717) is 11.7 Å². The molecule has 1 aromatic rings. The summed E-state index contributed by atoms with van der Waals surface area (Å²) in [4.78, 5) is 10.1. The number of hydrogen-bond donors (Lipinski definition) is 2. The first-order valence-corrected chi connectivity index (χ1v) is 5.36. The molecule has 1 saturated carbocycles. The van der Waals surface area contributed by atoms with E-state index in [9.17, 15) is 10.1 Å². The summed E-state index contributed by atoms with van der Waals surface area (Å²) in [6.45, 7) is 2.21. The van der Waals surface area contributed by atoms with Crippen molar-refractivity contribution in [2.75, 3.05) is 11.1 Å². The molecule has 1 fully saturated rings. The first-order valence-electron chi connectivity index (χ1n) is 5.36. The van der Waals surface area contributed by atoms with Gasteiger partial charge in [-0.25, -0.2) is 0 Å². The molecule has 0 saturated heterocycles. The van der Waals surface area contributed by atoms with Gasteiger partial charge >= 0.3 is 0 Å². The Labute approximate surface area is 93.8 Å². The smallest absolute Gasteiger partial charge is 0.271 e. The van der Waals surface area contributed by atoms with E-state index in [1.165, 1.54) is 12.1 Å². The highest BCUT2D eigenvalue weighted by atomic mass is 16.6. The number of nitrogen functional groups attached to an aromatic ring is 1. The number of nitrogens with one attached hydrogen (secondary N) is 1. The van der Waals surface area contributed by atoms with Gasteiger partial charge in [-0.05, 0) is 24.8 Å². The summed E-state index contributed by atoms with van der Waals surface area (Å²) >= 11 is 0. The maximum absolute atomic E-state index is 10.5. The molecule has 1 aliphatic rings. The molecule has 3 N–H and O–H groups in total. The first-order chi connectivity index (χ1) is 7.56. The fraction of sp³-hybridized carbons (Fsp3) is 0.455. The number of hydrogen-bond acceptors (Lipinski definition) is 4. The highest BCUT2D eigenvalue weighted by molar-refractivity contribution is 5.69. The van der Waals surface area contributed by atoms with Crippen molar-refractivity contribution in [2.24, 2.45) is 5.92 Å². The molecule has 0 radical (unpaired) electrons. The van der Waals surface area contributed by atoms with Crippen LogP contribution in [0.15, 0.2) is 18.2 Å². The lowest BCUT2D eigenvalue weighted by atomic mass is 9.82. The topological polar surface area (TPSA) is 81.2 Å². The third kappa shape index (κ3) is 2.08. The maximum atomic E-state index is 10.5. The molecule has 86 valence electrons. The van der Waals surface area contributed by atoms with E-state index >= 15 is 0 Å². The lowest BCUT2D eigenvalue weighted by Crippen LogP contribution is -2.33. The average Bonchev–Trinajstić information content (AvgIpc) is 2.18.